The fourth-order valence-corrected chi connectivity index (χ4v) is 1.20. The van der Waals surface area contributed by atoms with Crippen molar-refractivity contribution in [2.24, 2.45) is 0 Å². The van der Waals surface area contributed by atoms with Crippen molar-refractivity contribution in [3.05, 3.63) is 23.8 Å². The minimum Gasteiger partial charge on any atom is -0.395 e. The molecule has 2 bridgehead atoms. The van der Waals surface area contributed by atoms with Gasteiger partial charge in [-0.15, -0.1) is 0 Å². The van der Waals surface area contributed by atoms with Gasteiger partial charge in [0.2, 0.25) is 0 Å². The Kier molecular flexibility index (Phi) is 5.12. The van der Waals surface area contributed by atoms with Crippen LogP contribution < -0.4 is 9.47 Å². The van der Waals surface area contributed by atoms with Crippen molar-refractivity contribution in [1.29, 1.82) is 0 Å². The molecule has 0 radical (unpaired) electrons. The van der Waals surface area contributed by atoms with E-state index in [4.69, 9.17) is 9.47 Å². The van der Waals surface area contributed by atoms with E-state index in [1.807, 2.05) is 42.5 Å². The van der Waals surface area contributed by atoms with Gasteiger partial charge < -0.3 is 9.47 Å². The minimum atomic E-state index is -0.648. The first kappa shape index (κ1) is 12.8. The highest BCUT2D eigenvalue weighted by atomic mass is 127. The van der Waals surface area contributed by atoms with Gasteiger partial charge in [-0.2, -0.15) is 0 Å². The Bertz CT molecular complexity index is 437. The highest BCUT2D eigenvalue weighted by molar-refractivity contribution is 14.1. The van der Waals surface area contributed by atoms with E-state index in [9.17, 15) is 4.79 Å². The highest BCUT2D eigenvalue weighted by Crippen LogP contribution is 2.28. The Morgan fingerprint density at radius 2 is 2.06 bits per heavy atom. The zero-order valence-electron chi connectivity index (χ0n) is 9.04. The number of hydrogen-bond donors (Lipinski definition) is 0. The third-order valence-corrected chi connectivity index (χ3v) is 2.44. The molecule has 3 rings (SSSR count). The Morgan fingerprint density at radius 1 is 1.38 bits per heavy atom. The Balaban J connectivity index is 0.000000280. The number of fused-ring (bicyclic) bond motifs is 4. The van der Waals surface area contributed by atoms with Crippen LogP contribution in [-0.2, 0) is 6.42 Å². The molecular formula is C12H11IO3. The molecule has 0 fully saturated rings. The van der Waals surface area contributed by atoms with E-state index in [1.165, 1.54) is 0 Å². The van der Waals surface area contributed by atoms with Crippen LogP contribution in [0.2, 0.25) is 0 Å². The van der Waals surface area contributed by atoms with Gasteiger partial charge in [0.1, 0.15) is 11.5 Å². The van der Waals surface area contributed by atoms with Crippen LogP contribution in [0.4, 0.5) is 4.79 Å². The van der Waals surface area contributed by atoms with Crippen molar-refractivity contribution in [1.82, 2.24) is 0 Å². The molecule has 3 nitrogen and oxygen atoms in total. The van der Waals surface area contributed by atoms with Gasteiger partial charge in [0.15, 0.2) is 0 Å². The zero-order chi connectivity index (χ0) is 12.0. The van der Waals surface area contributed by atoms with Gasteiger partial charge in [-0.1, -0.05) is 12.8 Å². The topological polar surface area (TPSA) is 35.5 Å². The molecule has 0 aromatic heterocycles. The van der Waals surface area contributed by atoms with Gasteiger partial charge in [0, 0.05) is 22.6 Å². The molecule has 4 heteroatoms. The first-order valence-corrected chi connectivity index (χ1v) is 5.84. The van der Waals surface area contributed by atoms with Crippen molar-refractivity contribution >= 4 is 28.7 Å². The standard InChI is InChI=1S/C9H8O3.C3H3I/c1-2-6-5-7-3-4-8(6)12-9(10)11-7;1-2-3-4/h3-5H,2H2,1H3;1H3. The quantitative estimate of drug-likeness (QED) is 0.342. The van der Waals surface area contributed by atoms with Gasteiger partial charge >= 0.3 is 6.16 Å². The predicted molar refractivity (Wildman–Crippen MR) is 69.9 cm³/mol. The number of ether oxygens (including phenoxy) is 2. The van der Waals surface area contributed by atoms with E-state index in [0.29, 0.717) is 11.5 Å². The molecule has 0 spiro atoms. The van der Waals surface area contributed by atoms with Crippen LogP contribution in [0.25, 0.3) is 0 Å². The Hall–Kier alpha value is -1.22. The first-order valence-electron chi connectivity index (χ1n) is 4.76. The molecule has 2 aliphatic rings. The maximum Gasteiger partial charge on any atom is 0.519 e. The summed E-state index contributed by atoms with van der Waals surface area (Å²) in [4.78, 5) is 10.8. The Morgan fingerprint density at radius 3 is 2.62 bits per heavy atom. The van der Waals surface area contributed by atoms with Gasteiger partial charge in [-0.25, -0.2) is 4.79 Å². The van der Waals surface area contributed by atoms with Crippen molar-refractivity contribution < 1.29 is 14.3 Å². The largest absolute Gasteiger partial charge is 0.519 e. The van der Waals surface area contributed by atoms with Crippen molar-refractivity contribution in [2.75, 3.05) is 0 Å². The molecule has 0 aliphatic carbocycles. The van der Waals surface area contributed by atoms with E-state index in [-0.39, 0.29) is 0 Å². The molecule has 1 aromatic rings. The summed E-state index contributed by atoms with van der Waals surface area (Å²) in [7, 11) is 0. The van der Waals surface area contributed by atoms with Gasteiger partial charge in [-0.05, 0) is 41.0 Å². The molecule has 0 saturated heterocycles. The summed E-state index contributed by atoms with van der Waals surface area (Å²) in [6, 6.07) is 5.29. The number of carbonyl (C=O) groups is 1. The molecule has 2 heterocycles. The van der Waals surface area contributed by atoms with Crippen molar-refractivity contribution in [2.45, 2.75) is 20.3 Å². The molecule has 0 amide bonds. The zero-order valence-corrected chi connectivity index (χ0v) is 11.2. The van der Waals surface area contributed by atoms with E-state index >= 15 is 0 Å². The second-order valence-electron chi connectivity index (χ2n) is 2.92. The van der Waals surface area contributed by atoms with Crippen molar-refractivity contribution in [3.8, 4) is 21.3 Å². The monoisotopic (exact) mass is 330 g/mol. The number of benzene rings is 1. The molecule has 1 aromatic carbocycles. The number of halogens is 1. The summed E-state index contributed by atoms with van der Waals surface area (Å²) in [5.41, 5.74) is 0.998. The molecule has 0 saturated carbocycles. The van der Waals surface area contributed by atoms with E-state index in [0.717, 1.165) is 12.0 Å². The van der Waals surface area contributed by atoms with E-state index in [2.05, 4.69) is 9.85 Å². The normalized spacial score (nSPS) is 11.1. The average Bonchev–Trinajstić information content (AvgIpc) is 2.57. The van der Waals surface area contributed by atoms with Gasteiger partial charge in [-0.3, -0.25) is 0 Å². The molecule has 16 heavy (non-hydrogen) atoms. The molecular weight excluding hydrogens is 319 g/mol. The summed E-state index contributed by atoms with van der Waals surface area (Å²) in [6.45, 7) is 3.81. The smallest absolute Gasteiger partial charge is 0.395 e. The average molecular weight is 330 g/mol. The lowest BCUT2D eigenvalue weighted by molar-refractivity contribution is 0.154. The van der Waals surface area contributed by atoms with Crippen molar-refractivity contribution in [3.63, 3.8) is 0 Å². The molecule has 0 atom stereocenters. The number of carbonyl (C=O) groups excluding carboxylic acids is 1. The number of rotatable bonds is 1. The summed E-state index contributed by atoms with van der Waals surface area (Å²) in [6.07, 6.45) is 0.185. The van der Waals surface area contributed by atoms with Crippen LogP contribution >= 0.6 is 22.6 Å². The van der Waals surface area contributed by atoms with Crippen LogP contribution in [0.15, 0.2) is 18.2 Å². The molecule has 84 valence electrons. The third-order valence-electron chi connectivity index (χ3n) is 1.90. The summed E-state index contributed by atoms with van der Waals surface area (Å²) in [5, 5.41) is 0. The van der Waals surface area contributed by atoms with Gasteiger partial charge in [0.05, 0.1) is 0 Å². The van der Waals surface area contributed by atoms with Gasteiger partial charge in [0.25, 0.3) is 0 Å². The third kappa shape index (κ3) is 3.42. The number of hydrogen-bond acceptors (Lipinski definition) is 3. The lowest BCUT2D eigenvalue weighted by Crippen LogP contribution is -2.10. The molecule has 0 unspecified atom stereocenters. The minimum absolute atomic E-state index is 0.554. The highest BCUT2D eigenvalue weighted by Gasteiger charge is 2.16. The summed E-state index contributed by atoms with van der Waals surface area (Å²) >= 11 is 1.99. The van der Waals surface area contributed by atoms with Crippen LogP contribution in [-0.4, -0.2) is 6.16 Å². The van der Waals surface area contributed by atoms with Crippen LogP contribution in [0.1, 0.15) is 19.4 Å². The maximum atomic E-state index is 10.8. The van der Waals surface area contributed by atoms with Crippen LogP contribution in [0.5, 0.6) is 11.5 Å². The lowest BCUT2D eigenvalue weighted by atomic mass is 10.1. The van der Waals surface area contributed by atoms with Crippen LogP contribution in [0.3, 0.4) is 0 Å². The second-order valence-corrected chi connectivity index (χ2v) is 3.46. The maximum absolute atomic E-state index is 10.8. The molecule has 0 N–H and O–H groups in total. The van der Waals surface area contributed by atoms with Crippen LogP contribution in [0, 0.1) is 9.85 Å². The predicted octanol–water partition coefficient (Wildman–Crippen LogP) is 3.54. The second kappa shape index (κ2) is 6.38. The summed E-state index contributed by atoms with van der Waals surface area (Å²) < 4.78 is 12.3. The SMILES string of the molecule is CC#CI.CCc1cc2ccc1OC(=O)O2. The Labute approximate surface area is 108 Å². The fourth-order valence-electron chi connectivity index (χ4n) is 1.20. The summed E-state index contributed by atoms with van der Waals surface area (Å²) in [5.74, 6) is 3.82. The molecule has 2 aliphatic heterocycles. The van der Waals surface area contributed by atoms with E-state index < -0.39 is 6.16 Å². The lowest BCUT2D eigenvalue weighted by Gasteiger charge is -1.99. The number of aryl methyl sites for hydroxylation is 1. The first-order chi connectivity index (χ1) is 7.71. The fraction of sp³-hybridized carbons (Fsp3) is 0.250. The van der Waals surface area contributed by atoms with E-state index in [1.54, 1.807) is 12.1 Å².